The molecule has 1 amide bonds. The maximum Gasteiger partial charge on any atom is 0.410 e. The van der Waals surface area contributed by atoms with Gasteiger partial charge in [0.1, 0.15) is 5.60 Å². The molecule has 0 aromatic carbocycles. The number of aromatic nitrogens is 3. The summed E-state index contributed by atoms with van der Waals surface area (Å²) in [5.74, 6) is 0. The van der Waals surface area contributed by atoms with Gasteiger partial charge >= 0.3 is 6.09 Å². The number of fused-ring (bicyclic) bond motifs is 1. The summed E-state index contributed by atoms with van der Waals surface area (Å²) in [5.41, 5.74) is 0.940. The first-order chi connectivity index (χ1) is 11.5. The Morgan fingerprint density at radius 2 is 2.04 bits per heavy atom. The highest BCUT2D eigenvalue weighted by Gasteiger charge is 2.33. The van der Waals surface area contributed by atoms with E-state index in [4.69, 9.17) is 16.3 Å². The van der Waals surface area contributed by atoms with Crippen molar-refractivity contribution in [3.8, 4) is 0 Å². The minimum atomic E-state index is -3.85. The number of amides is 1. The zero-order valence-corrected chi connectivity index (χ0v) is 16.5. The summed E-state index contributed by atoms with van der Waals surface area (Å²) in [6, 6.07) is 0. The molecule has 2 aromatic rings. The second-order valence-electron chi connectivity index (χ2n) is 6.65. The summed E-state index contributed by atoms with van der Waals surface area (Å²) in [6.07, 6.45) is 0.965. The van der Waals surface area contributed by atoms with Gasteiger partial charge in [0, 0.05) is 11.8 Å². The molecule has 0 bridgehead atoms. The Morgan fingerprint density at radius 1 is 1.36 bits per heavy atom. The molecule has 1 aliphatic heterocycles. The number of aryl methyl sites for hydroxylation is 1. The van der Waals surface area contributed by atoms with Crippen molar-refractivity contribution in [2.45, 2.75) is 50.6 Å². The molecule has 8 nitrogen and oxygen atoms in total. The highest BCUT2D eigenvalue weighted by molar-refractivity contribution is 7.92. The molecule has 0 fully saturated rings. The van der Waals surface area contributed by atoms with Crippen molar-refractivity contribution in [2.24, 2.45) is 0 Å². The number of hydrogen-bond donors (Lipinski definition) is 0. The first kappa shape index (κ1) is 18.2. The van der Waals surface area contributed by atoms with Gasteiger partial charge < -0.3 is 4.74 Å². The Bertz CT molecular complexity index is 919. The summed E-state index contributed by atoms with van der Waals surface area (Å²) >= 11 is 6.69. The van der Waals surface area contributed by atoms with Crippen molar-refractivity contribution in [1.29, 1.82) is 0 Å². The van der Waals surface area contributed by atoms with Crippen LogP contribution in [0.15, 0.2) is 10.4 Å². The van der Waals surface area contributed by atoms with Crippen LogP contribution in [0.4, 0.5) is 4.79 Å². The molecule has 11 heteroatoms. The zero-order chi connectivity index (χ0) is 18.6. The van der Waals surface area contributed by atoms with Gasteiger partial charge in [-0.15, -0.1) is 0 Å². The van der Waals surface area contributed by atoms with Crippen LogP contribution in [0.3, 0.4) is 0 Å². The normalized spacial score (nSPS) is 14.7. The molecule has 136 valence electrons. The van der Waals surface area contributed by atoms with E-state index in [1.54, 1.807) is 27.7 Å². The summed E-state index contributed by atoms with van der Waals surface area (Å²) in [4.78, 5) is 17.5. The predicted octanol–water partition coefficient (Wildman–Crippen LogP) is 2.79. The number of carbonyl (C=O) groups is 1. The van der Waals surface area contributed by atoms with Gasteiger partial charge in [-0.1, -0.05) is 22.9 Å². The van der Waals surface area contributed by atoms with Crippen LogP contribution in [0.1, 0.15) is 37.7 Å². The van der Waals surface area contributed by atoms with Gasteiger partial charge in [-0.25, -0.2) is 9.78 Å². The quantitative estimate of drug-likeness (QED) is 0.763. The van der Waals surface area contributed by atoms with Crippen molar-refractivity contribution < 1.29 is 17.9 Å². The first-order valence-electron chi connectivity index (χ1n) is 7.41. The number of ether oxygens (including phenoxy) is 1. The topological polar surface area (TPSA) is 94.4 Å². The van der Waals surface area contributed by atoms with Crippen LogP contribution in [-0.2, 0) is 27.8 Å². The lowest BCUT2D eigenvalue weighted by atomic mass is 10.2. The molecule has 0 saturated carbocycles. The number of nitrogens with zero attached hydrogens (tertiary/aromatic N) is 4. The van der Waals surface area contributed by atoms with Crippen LogP contribution >= 0.6 is 22.9 Å². The van der Waals surface area contributed by atoms with E-state index in [2.05, 4.69) is 10.1 Å². The van der Waals surface area contributed by atoms with Crippen LogP contribution in [0.25, 0.3) is 0 Å². The van der Waals surface area contributed by atoms with Crippen LogP contribution in [0.5, 0.6) is 0 Å². The molecule has 0 spiro atoms. The Morgan fingerprint density at radius 3 is 2.56 bits per heavy atom. The Hall–Kier alpha value is -1.65. The van der Waals surface area contributed by atoms with Gasteiger partial charge in [-0.2, -0.15) is 17.6 Å². The molecule has 0 unspecified atom stereocenters. The lowest BCUT2D eigenvalue weighted by Crippen LogP contribution is -2.33. The molecule has 0 N–H and O–H groups in total. The molecule has 2 aromatic heterocycles. The third-order valence-corrected chi connectivity index (χ3v) is 6.80. The minimum Gasteiger partial charge on any atom is -0.444 e. The number of rotatable bonds is 2. The highest BCUT2D eigenvalue weighted by atomic mass is 35.5. The van der Waals surface area contributed by atoms with Crippen LogP contribution in [-0.4, -0.2) is 39.2 Å². The van der Waals surface area contributed by atoms with E-state index < -0.39 is 21.7 Å². The molecule has 0 atom stereocenters. The molecule has 0 aliphatic carbocycles. The number of hydrogen-bond acceptors (Lipinski definition) is 7. The molecule has 1 aliphatic rings. The van der Waals surface area contributed by atoms with E-state index in [9.17, 15) is 13.2 Å². The monoisotopic (exact) mass is 404 g/mol. The van der Waals surface area contributed by atoms with Crippen LogP contribution < -0.4 is 0 Å². The molecule has 0 saturated heterocycles. The molecular weight excluding hydrogens is 388 g/mol. The third kappa shape index (κ3) is 3.51. The summed E-state index contributed by atoms with van der Waals surface area (Å²) in [5, 5.41) is 4.13. The van der Waals surface area contributed by atoms with E-state index in [0.29, 0.717) is 17.0 Å². The number of thiazole rings is 1. The maximum atomic E-state index is 12.7. The fraction of sp³-hybridized carbons (Fsp3) is 0.500. The zero-order valence-electron chi connectivity index (χ0n) is 14.1. The van der Waals surface area contributed by atoms with Gasteiger partial charge in [0.25, 0.3) is 10.0 Å². The van der Waals surface area contributed by atoms with Gasteiger partial charge in [-0.05, 0) is 27.7 Å². The highest BCUT2D eigenvalue weighted by Crippen LogP contribution is 2.30. The van der Waals surface area contributed by atoms with E-state index in [1.165, 1.54) is 11.1 Å². The van der Waals surface area contributed by atoms with E-state index in [-0.39, 0.29) is 21.8 Å². The lowest BCUT2D eigenvalue weighted by Gasteiger charge is -2.24. The van der Waals surface area contributed by atoms with Crippen LogP contribution in [0.2, 0.25) is 4.47 Å². The smallest absolute Gasteiger partial charge is 0.410 e. The summed E-state index contributed by atoms with van der Waals surface area (Å²) < 4.78 is 31.8. The maximum absolute atomic E-state index is 12.7. The fourth-order valence-electron chi connectivity index (χ4n) is 2.38. The van der Waals surface area contributed by atoms with Crippen LogP contribution in [0, 0.1) is 6.92 Å². The molecule has 3 heterocycles. The standard InChI is InChI=1S/C14H17ClN4O4S2/c1-8-11(24-12(15)16-8)25(21,22)19-6-9-5-18(7-10(9)17-19)13(20)23-14(2,3)4/h6H,5,7H2,1-4H3. The Labute approximate surface area is 154 Å². The number of carbonyl (C=O) groups excluding carboxylic acids is 1. The summed E-state index contributed by atoms with van der Waals surface area (Å²) in [7, 11) is -3.85. The van der Waals surface area contributed by atoms with E-state index in [1.807, 2.05) is 0 Å². The second kappa shape index (κ2) is 5.96. The molecular formula is C14H17ClN4O4S2. The van der Waals surface area contributed by atoms with Gasteiger partial charge in [0.2, 0.25) is 0 Å². The minimum absolute atomic E-state index is 0.0580. The molecule has 0 radical (unpaired) electrons. The van der Waals surface area contributed by atoms with Crippen molar-refractivity contribution >= 4 is 39.1 Å². The van der Waals surface area contributed by atoms with Crippen molar-refractivity contribution in [2.75, 3.05) is 0 Å². The fourth-order valence-corrected chi connectivity index (χ4v) is 5.35. The first-order valence-corrected chi connectivity index (χ1v) is 10.0. The Balaban J connectivity index is 1.82. The molecule has 25 heavy (non-hydrogen) atoms. The van der Waals surface area contributed by atoms with Crippen molar-refractivity contribution in [3.05, 3.63) is 27.6 Å². The van der Waals surface area contributed by atoms with E-state index in [0.717, 1.165) is 15.4 Å². The predicted molar refractivity (Wildman–Crippen MR) is 92.2 cm³/mol. The average Bonchev–Trinajstić information content (AvgIpc) is 3.08. The summed E-state index contributed by atoms with van der Waals surface area (Å²) in [6.45, 7) is 7.40. The second-order valence-corrected chi connectivity index (χ2v) is 10.2. The Kier molecular flexibility index (Phi) is 4.33. The largest absolute Gasteiger partial charge is 0.444 e. The molecule has 3 rings (SSSR count). The lowest BCUT2D eigenvalue weighted by molar-refractivity contribution is 0.0239. The SMILES string of the molecule is Cc1nc(Cl)sc1S(=O)(=O)n1cc2c(n1)CN(C(=O)OC(C)(C)C)C2. The van der Waals surface area contributed by atoms with Crippen molar-refractivity contribution in [1.82, 2.24) is 19.1 Å². The van der Waals surface area contributed by atoms with Gasteiger partial charge in [-0.3, -0.25) is 4.90 Å². The number of halogens is 1. The average molecular weight is 405 g/mol. The van der Waals surface area contributed by atoms with E-state index >= 15 is 0 Å². The van der Waals surface area contributed by atoms with Gasteiger partial charge in [0.05, 0.1) is 24.5 Å². The van der Waals surface area contributed by atoms with Gasteiger partial charge in [0.15, 0.2) is 8.68 Å². The third-order valence-electron chi connectivity index (χ3n) is 3.42. The van der Waals surface area contributed by atoms with Crippen molar-refractivity contribution in [3.63, 3.8) is 0 Å².